The quantitative estimate of drug-likeness (QED) is 0.821. The number of hydrogen-bond acceptors (Lipinski definition) is 3. The molecule has 0 N–H and O–H groups in total. The molecule has 0 radical (unpaired) electrons. The van der Waals surface area contributed by atoms with Crippen molar-refractivity contribution in [1.29, 1.82) is 5.26 Å². The minimum atomic E-state index is -0.309. The predicted octanol–water partition coefficient (Wildman–Crippen LogP) is 2.70. The standard InChI is InChI=1S/C14H16N2O2/c15-9-8-13-7-4-10-16(13)14(17)18-11-12-5-2-1-3-6-12/h1-3,5-6,13H,4,7-8,10-11H2/t13-/m0/s1. The number of hydrogen-bond donors (Lipinski definition) is 0. The van der Waals surface area contributed by atoms with Crippen LogP contribution in [0.15, 0.2) is 30.3 Å². The molecular formula is C14H16N2O2. The summed E-state index contributed by atoms with van der Waals surface area (Å²) >= 11 is 0. The largest absolute Gasteiger partial charge is 0.445 e. The van der Waals surface area contributed by atoms with Crippen molar-refractivity contribution in [3.8, 4) is 6.07 Å². The molecule has 1 heterocycles. The third-order valence-electron chi connectivity index (χ3n) is 3.14. The fourth-order valence-electron chi connectivity index (χ4n) is 2.20. The summed E-state index contributed by atoms with van der Waals surface area (Å²) in [6, 6.07) is 11.7. The molecule has 0 aliphatic carbocycles. The van der Waals surface area contributed by atoms with Gasteiger partial charge in [-0.05, 0) is 18.4 Å². The molecule has 2 rings (SSSR count). The van der Waals surface area contributed by atoms with Crippen molar-refractivity contribution in [1.82, 2.24) is 4.90 Å². The minimum Gasteiger partial charge on any atom is -0.445 e. The highest BCUT2D eigenvalue weighted by Crippen LogP contribution is 2.20. The van der Waals surface area contributed by atoms with E-state index in [-0.39, 0.29) is 18.7 Å². The van der Waals surface area contributed by atoms with Gasteiger partial charge in [-0.25, -0.2) is 4.79 Å². The van der Waals surface area contributed by atoms with Gasteiger partial charge < -0.3 is 9.64 Å². The first-order valence-electron chi connectivity index (χ1n) is 6.15. The van der Waals surface area contributed by atoms with Crippen LogP contribution in [0.1, 0.15) is 24.8 Å². The summed E-state index contributed by atoms with van der Waals surface area (Å²) in [6.07, 6.45) is 1.93. The number of ether oxygens (including phenoxy) is 1. The van der Waals surface area contributed by atoms with Crippen LogP contribution in [-0.4, -0.2) is 23.6 Å². The summed E-state index contributed by atoms with van der Waals surface area (Å²) in [7, 11) is 0. The van der Waals surface area contributed by atoms with Gasteiger partial charge in [0.15, 0.2) is 0 Å². The molecule has 1 aliphatic heterocycles. The van der Waals surface area contributed by atoms with Gasteiger partial charge in [-0.1, -0.05) is 30.3 Å². The second-order valence-electron chi connectivity index (χ2n) is 4.39. The zero-order valence-electron chi connectivity index (χ0n) is 10.2. The molecule has 0 bridgehead atoms. The molecule has 0 spiro atoms. The van der Waals surface area contributed by atoms with Gasteiger partial charge in [0.05, 0.1) is 12.5 Å². The molecule has 0 unspecified atom stereocenters. The number of rotatable bonds is 3. The first kappa shape index (κ1) is 12.4. The summed E-state index contributed by atoms with van der Waals surface area (Å²) in [6.45, 7) is 0.982. The van der Waals surface area contributed by atoms with Crippen LogP contribution in [0, 0.1) is 11.3 Å². The van der Waals surface area contributed by atoms with Crippen LogP contribution in [0.5, 0.6) is 0 Å². The van der Waals surface area contributed by atoms with Gasteiger partial charge in [0, 0.05) is 12.6 Å². The molecular weight excluding hydrogens is 228 g/mol. The highest BCUT2D eigenvalue weighted by Gasteiger charge is 2.29. The maximum Gasteiger partial charge on any atom is 0.410 e. The van der Waals surface area contributed by atoms with Crippen molar-refractivity contribution >= 4 is 6.09 Å². The third kappa shape index (κ3) is 3.01. The summed E-state index contributed by atoms with van der Waals surface area (Å²) in [5.74, 6) is 0. The van der Waals surface area contributed by atoms with E-state index in [1.54, 1.807) is 4.90 Å². The van der Waals surface area contributed by atoms with Crippen LogP contribution in [0.4, 0.5) is 4.79 Å². The molecule has 4 heteroatoms. The Morgan fingerprint density at radius 2 is 2.22 bits per heavy atom. The second kappa shape index (κ2) is 6.06. The van der Waals surface area contributed by atoms with Crippen LogP contribution in [0.3, 0.4) is 0 Å². The Labute approximate surface area is 107 Å². The number of carbonyl (C=O) groups excluding carboxylic acids is 1. The van der Waals surface area contributed by atoms with Crippen molar-refractivity contribution in [3.05, 3.63) is 35.9 Å². The van der Waals surface area contributed by atoms with Gasteiger partial charge in [0.2, 0.25) is 0 Å². The Balaban J connectivity index is 1.86. The lowest BCUT2D eigenvalue weighted by Gasteiger charge is -2.22. The molecule has 1 aromatic carbocycles. The molecule has 1 atom stereocenters. The van der Waals surface area contributed by atoms with Crippen LogP contribution in [-0.2, 0) is 11.3 Å². The number of amides is 1. The Morgan fingerprint density at radius 1 is 1.44 bits per heavy atom. The van der Waals surface area contributed by atoms with E-state index in [0.717, 1.165) is 18.4 Å². The molecule has 1 amide bonds. The highest BCUT2D eigenvalue weighted by molar-refractivity contribution is 5.68. The van der Waals surface area contributed by atoms with E-state index in [9.17, 15) is 4.79 Å². The highest BCUT2D eigenvalue weighted by atomic mass is 16.6. The summed E-state index contributed by atoms with van der Waals surface area (Å²) in [5, 5.41) is 8.71. The van der Waals surface area contributed by atoms with Crippen LogP contribution in [0.2, 0.25) is 0 Å². The van der Waals surface area contributed by atoms with E-state index < -0.39 is 0 Å². The predicted molar refractivity (Wildman–Crippen MR) is 66.6 cm³/mol. The first-order valence-corrected chi connectivity index (χ1v) is 6.15. The number of likely N-dealkylation sites (tertiary alicyclic amines) is 1. The number of nitrogens with zero attached hydrogens (tertiary/aromatic N) is 2. The SMILES string of the molecule is N#CC[C@@H]1CCCN1C(=O)OCc1ccccc1. The van der Waals surface area contributed by atoms with E-state index in [1.807, 2.05) is 30.3 Å². The number of nitriles is 1. The minimum absolute atomic E-state index is 0.0262. The molecule has 18 heavy (non-hydrogen) atoms. The van der Waals surface area contributed by atoms with Crippen molar-refractivity contribution < 1.29 is 9.53 Å². The lowest BCUT2D eigenvalue weighted by molar-refractivity contribution is 0.0927. The number of benzene rings is 1. The van der Waals surface area contributed by atoms with Gasteiger partial charge in [0.25, 0.3) is 0 Å². The van der Waals surface area contributed by atoms with Gasteiger partial charge in [-0.2, -0.15) is 5.26 Å². The van der Waals surface area contributed by atoms with Crippen LogP contribution < -0.4 is 0 Å². The average Bonchev–Trinajstić information content (AvgIpc) is 2.86. The van der Waals surface area contributed by atoms with E-state index in [2.05, 4.69) is 6.07 Å². The normalized spacial score (nSPS) is 18.4. The maximum atomic E-state index is 11.9. The van der Waals surface area contributed by atoms with E-state index in [1.165, 1.54) is 0 Å². The van der Waals surface area contributed by atoms with E-state index >= 15 is 0 Å². The van der Waals surface area contributed by atoms with Crippen molar-refractivity contribution in [3.63, 3.8) is 0 Å². The topological polar surface area (TPSA) is 53.3 Å². The Morgan fingerprint density at radius 3 is 2.94 bits per heavy atom. The lowest BCUT2D eigenvalue weighted by Crippen LogP contribution is -2.35. The maximum absolute atomic E-state index is 11.9. The first-order chi connectivity index (χ1) is 8.81. The third-order valence-corrected chi connectivity index (χ3v) is 3.14. The number of carbonyl (C=O) groups is 1. The lowest BCUT2D eigenvalue weighted by atomic mass is 10.2. The average molecular weight is 244 g/mol. The molecule has 1 aromatic rings. The summed E-state index contributed by atoms with van der Waals surface area (Å²) in [4.78, 5) is 13.6. The van der Waals surface area contributed by atoms with Crippen molar-refractivity contribution in [2.24, 2.45) is 0 Å². The van der Waals surface area contributed by atoms with Gasteiger partial charge in [-0.3, -0.25) is 0 Å². The summed E-state index contributed by atoms with van der Waals surface area (Å²) < 4.78 is 5.27. The van der Waals surface area contributed by atoms with Crippen LogP contribution >= 0.6 is 0 Å². The van der Waals surface area contributed by atoms with Gasteiger partial charge >= 0.3 is 6.09 Å². The fraction of sp³-hybridized carbons (Fsp3) is 0.429. The summed E-state index contributed by atoms with van der Waals surface area (Å²) in [5.41, 5.74) is 0.974. The second-order valence-corrected chi connectivity index (χ2v) is 4.39. The fourth-order valence-corrected chi connectivity index (χ4v) is 2.20. The van der Waals surface area contributed by atoms with Gasteiger partial charge in [0.1, 0.15) is 6.61 Å². The van der Waals surface area contributed by atoms with Crippen LogP contribution in [0.25, 0.3) is 0 Å². The Hall–Kier alpha value is -2.02. The van der Waals surface area contributed by atoms with E-state index in [0.29, 0.717) is 13.0 Å². The molecule has 94 valence electrons. The zero-order valence-corrected chi connectivity index (χ0v) is 10.2. The van der Waals surface area contributed by atoms with Gasteiger partial charge in [-0.15, -0.1) is 0 Å². The Kier molecular flexibility index (Phi) is 4.19. The molecule has 1 saturated heterocycles. The molecule has 4 nitrogen and oxygen atoms in total. The van der Waals surface area contributed by atoms with Crippen molar-refractivity contribution in [2.75, 3.05) is 6.54 Å². The zero-order chi connectivity index (χ0) is 12.8. The van der Waals surface area contributed by atoms with Crippen molar-refractivity contribution in [2.45, 2.75) is 31.9 Å². The molecule has 1 fully saturated rings. The monoisotopic (exact) mass is 244 g/mol. The van der Waals surface area contributed by atoms with E-state index in [4.69, 9.17) is 10.00 Å². The Bertz CT molecular complexity index is 439. The molecule has 0 saturated carbocycles. The molecule has 1 aliphatic rings. The smallest absolute Gasteiger partial charge is 0.410 e. The molecule has 0 aromatic heterocycles.